The minimum Gasteiger partial charge on any atom is -0.484 e. The Morgan fingerprint density at radius 2 is 1.47 bits per heavy atom. The van der Waals surface area contributed by atoms with E-state index in [1.807, 2.05) is 60.0 Å². The first-order chi connectivity index (χ1) is 14.7. The average Bonchev–Trinajstić information content (AvgIpc) is 3.33. The molecule has 5 heteroatoms. The van der Waals surface area contributed by atoms with Crippen molar-refractivity contribution in [1.82, 2.24) is 0 Å². The highest BCUT2D eigenvalue weighted by atomic mass is 32.1. The standard InChI is InChI=1S/C25H19NO3S/c27-24(26-22-10-5-4-9-21(22)23-11-6-16-30-23)17-29-20-14-12-19(13-15-20)25(28)18-7-2-1-3-8-18/h1-16H,17H2,(H,26,27). The molecule has 1 heterocycles. The van der Waals surface area contributed by atoms with E-state index < -0.39 is 0 Å². The molecule has 1 amide bonds. The Morgan fingerprint density at radius 3 is 2.20 bits per heavy atom. The average molecular weight is 413 g/mol. The van der Waals surface area contributed by atoms with Gasteiger partial charge in [0.15, 0.2) is 12.4 Å². The molecule has 4 rings (SSSR count). The molecule has 0 aliphatic rings. The first-order valence-corrected chi connectivity index (χ1v) is 10.3. The van der Waals surface area contributed by atoms with Gasteiger partial charge >= 0.3 is 0 Å². The summed E-state index contributed by atoms with van der Waals surface area (Å²) in [5, 5.41) is 4.91. The fourth-order valence-corrected chi connectivity index (χ4v) is 3.80. The molecule has 0 spiro atoms. The summed E-state index contributed by atoms with van der Waals surface area (Å²) in [4.78, 5) is 25.9. The topological polar surface area (TPSA) is 55.4 Å². The number of hydrogen-bond donors (Lipinski definition) is 1. The Balaban J connectivity index is 1.36. The number of hydrogen-bond acceptors (Lipinski definition) is 4. The first kappa shape index (κ1) is 19.6. The van der Waals surface area contributed by atoms with Gasteiger partial charge in [0, 0.05) is 27.3 Å². The maximum atomic E-state index is 12.5. The Morgan fingerprint density at radius 1 is 0.767 bits per heavy atom. The minimum absolute atomic E-state index is 0.0509. The van der Waals surface area contributed by atoms with Gasteiger partial charge in [-0.25, -0.2) is 0 Å². The molecule has 0 atom stereocenters. The zero-order valence-corrected chi connectivity index (χ0v) is 16.9. The Labute approximate surface area is 178 Å². The van der Waals surface area contributed by atoms with E-state index in [1.165, 1.54) is 0 Å². The van der Waals surface area contributed by atoms with E-state index in [1.54, 1.807) is 47.7 Å². The molecule has 30 heavy (non-hydrogen) atoms. The van der Waals surface area contributed by atoms with Gasteiger partial charge in [-0.15, -0.1) is 11.3 Å². The van der Waals surface area contributed by atoms with Crippen LogP contribution in [0, 0.1) is 0 Å². The van der Waals surface area contributed by atoms with Crippen molar-refractivity contribution in [1.29, 1.82) is 0 Å². The Bertz CT molecular complexity index is 1140. The van der Waals surface area contributed by atoms with E-state index in [-0.39, 0.29) is 18.3 Å². The second-order valence-electron chi connectivity index (χ2n) is 6.58. The Kier molecular flexibility index (Phi) is 6.01. The highest BCUT2D eigenvalue weighted by molar-refractivity contribution is 7.13. The van der Waals surface area contributed by atoms with Gasteiger partial charge in [-0.3, -0.25) is 9.59 Å². The second-order valence-corrected chi connectivity index (χ2v) is 7.53. The number of amides is 1. The van der Waals surface area contributed by atoms with Crippen molar-refractivity contribution in [2.45, 2.75) is 0 Å². The predicted octanol–water partition coefficient (Wildman–Crippen LogP) is 5.66. The van der Waals surface area contributed by atoms with Crippen LogP contribution in [-0.2, 0) is 4.79 Å². The van der Waals surface area contributed by atoms with E-state index >= 15 is 0 Å². The normalized spacial score (nSPS) is 10.4. The molecule has 0 aliphatic carbocycles. The molecular formula is C25H19NO3S. The summed E-state index contributed by atoms with van der Waals surface area (Å²) in [7, 11) is 0. The minimum atomic E-state index is -0.247. The number of carbonyl (C=O) groups is 2. The summed E-state index contributed by atoms with van der Waals surface area (Å²) in [6.07, 6.45) is 0. The van der Waals surface area contributed by atoms with Gasteiger partial charge in [-0.1, -0.05) is 54.6 Å². The van der Waals surface area contributed by atoms with Crippen molar-refractivity contribution < 1.29 is 14.3 Å². The van der Waals surface area contributed by atoms with Crippen LogP contribution < -0.4 is 10.1 Å². The van der Waals surface area contributed by atoms with Gasteiger partial charge in [-0.2, -0.15) is 0 Å². The van der Waals surface area contributed by atoms with Crippen LogP contribution in [0.2, 0.25) is 0 Å². The molecule has 0 saturated heterocycles. The smallest absolute Gasteiger partial charge is 0.262 e. The number of nitrogens with one attached hydrogen (secondary N) is 1. The summed E-state index contributed by atoms with van der Waals surface area (Å²) < 4.78 is 5.59. The van der Waals surface area contributed by atoms with Crippen LogP contribution in [0.3, 0.4) is 0 Å². The van der Waals surface area contributed by atoms with Gasteiger partial charge in [0.1, 0.15) is 5.75 Å². The third-order valence-corrected chi connectivity index (χ3v) is 5.41. The lowest BCUT2D eigenvalue weighted by atomic mass is 10.0. The summed E-state index contributed by atoms with van der Waals surface area (Å²) in [6, 6.07) is 27.6. The summed E-state index contributed by atoms with van der Waals surface area (Å²) >= 11 is 1.62. The van der Waals surface area contributed by atoms with Gasteiger partial charge in [0.2, 0.25) is 0 Å². The van der Waals surface area contributed by atoms with Crippen molar-refractivity contribution in [2.75, 3.05) is 11.9 Å². The number of benzene rings is 3. The summed E-state index contributed by atoms with van der Waals surface area (Å²) in [5.41, 5.74) is 2.93. The van der Waals surface area contributed by atoms with E-state index in [4.69, 9.17) is 4.74 Å². The molecule has 0 fully saturated rings. The van der Waals surface area contributed by atoms with Crippen LogP contribution >= 0.6 is 11.3 Å². The van der Waals surface area contributed by atoms with E-state index in [2.05, 4.69) is 5.32 Å². The van der Waals surface area contributed by atoms with Crippen LogP contribution in [0.5, 0.6) is 5.75 Å². The lowest BCUT2D eigenvalue weighted by Crippen LogP contribution is -2.20. The van der Waals surface area contributed by atoms with Gasteiger partial charge in [0.05, 0.1) is 0 Å². The van der Waals surface area contributed by atoms with Crippen LogP contribution in [0.4, 0.5) is 5.69 Å². The molecular weight excluding hydrogens is 394 g/mol. The SMILES string of the molecule is O=C(COc1ccc(C(=O)c2ccccc2)cc1)Nc1ccccc1-c1cccs1. The number of carbonyl (C=O) groups excluding carboxylic acids is 2. The van der Waals surface area contributed by atoms with Crippen molar-refractivity contribution in [3.8, 4) is 16.2 Å². The third kappa shape index (κ3) is 4.64. The number of anilines is 1. The molecule has 1 aromatic heterocycles. The summed E-state index contributed by atoms with van der Waals surface area (Å²) in [6.45, 7) is -0.120. The van der Waals surface area contributed by atoms with Crippen molar-refractivity contribution >= 4 is 28.7 Å². The fourth-order valence-electron chi connectivity index (χ4n) is 3.03. The van der Waals surface area contributed by atoms with E-state index in [9.17, 15) is 9.59 Å². The monoisotopic (exact) mass is 413 g/mol. The van der Waals surface area contributed by atoms with Crippen LogP contribution in [0.1, 0.15) is 15.9 Å². The van der Waals surface area contributed by atoms with Crippen molar-refractivity contribution in [3.05, 3.63) is 108 Å². The van der Waals surface area contributed by atoms with E-state index in [0.717, 1.165) is 16.1 Å². The zero-order valence-electron chi connectivity index (χ0n) is 16.1. The quantitative estimate of drug-likeness (QED) is 0.398. The molecule has 148 valence electrons. The van der Waals surface area contributed by atoms with Crippen molar-refractivity contribution in [2.24, 2.45) is 0 Å². The van der Waals surface area contributed by atoms with Crippen LogP contribution in [0.15, 0.2) is 96.4 Å². The molecule has 0 saturated carbocycles. The number of para-hydroxylation sites is 1. The van der Waals surface area contributed by atoms with Gasteiger partial charge < -0.3 is 10.1 Å². The van der Waals surface area contributed by atoms with E-state index in [0.29, 0.717) is 16.9 Å². The lowest BCUT2D eigenvalue weighted by Gasteiger charge is -2.11. The molecule has 0 unspecified atom stereocenters. The van der Waals surface area contributed by atoms with Gasteiger partial charge in [-0.05, 0) is 41.8 Å². The molecule has 0 radical (unpaired) electrons. The molecule has 4 nitrogen and oxygen atoms in total. The van der Waals surface area contributed by atoms with Crippen LogP contribution in [0.25, 0.3) is 10.4 Å². The Hall–Kier alpha value is -3.70. The predicted molar refractivity (Wildman–Crippen MR) is 120 cm³/mol. The largest absolute Gasteiger partial charge is 0.484 e. The number of thiophene rings is 1. The second kappa shape index (κ2) is 9.20. The number of ether oxygens (including phenoxy) is 1. The first-order valence-electron chi connectivity index (χ1n) is 9.46. The summed E-state index contributed by atoms with van der Waals surface area (Å²) in [5.74, 6) is 0.231. The zero-order chi connectivity index (χ0) is 20.8. The van der Waals surface area contributed by atoms with Crippen LogP contribution in [-0.4, -0.2) is 18.3 Å². The highest BCUT2D eigenvalue weighted by Crippen LogP contribution is 2.31. The molecule has 3 aromatic carbocycles. The fraction of sp³-hybridized carbons (Fsp3) is 0.0400. The van der Waals surface area contributed by atoms with Crippen molar-refractivity contribution in [3.63, 3.8) is 0 Å². The number of rotatable bonds is 7. The molecule has 4 aromatic rings. The maximum Gasteiger partial charge on any atom is 0.262 e. The molecule has 1 N–H and O–H groups in total. The third-order valence-electron chi connectivity index (χ3n) is 4.51. The molecule has 0 aliphatic heterocycles. The maximum absolute atomic E-state index is 12.5. The highest BCUT2D eigenvalue weighted by Gasteiger charge is 2.11. The van der Waals surface area contributed by atoms with Gasteiger partial charge in [0.25, 0.3) is 5.91 Å². The number of ketones is 1. The lowest BCUT2D eigenvalue weighted by molar-refractivity contribution is -0.118. The molecule has 0 bridgehead atoms.